The van der Waals surface area contributed by atoms with Gasteiger partial charge in [-0.05, 0) is 12.1 Å². The van der Waals surface area contributed by atoms with Gasteiger partial charge in [-0.2, -0.15) is 0 Å². The molecule has 0 bridgehead atoms. The van der Waals surface area contributed by atoms with Crippen LogP contribution < -0.4 is 0 Å². The highest BCUT2D eigenvalue weighted by atomic mass is 32.2. The van der Waals surface area contributed by atoms with E-state index in [-0.39, 0.29) is 10.5 Å². The summed E-state index contributed by atoms with van der Waals surface area (Å²) in [5.74, 6) is -2.09. The third-order valence-corrected chi connectivity index (χ3v) is 2.98. The number of halogens is 1. The number of hydrogen-bond acceptors (Lipinski definition) is 3. The van der Waals surface area contributed by atoms with Crippen LogP contribution in [0.1, 0.15) is 5.56 Å². The summed E-state index contributed by atoms with van der Waals surface area (Å²) in [6.07, 6.45) is 0.266. The number of carbonyl (C=O) groups is 1. The van der Waals surface area contributed by atoms with Gasteiger partial charge in [0.15, 0.2) is 9.84 Å². The van der Waals surface area contributed by atoms with Crippen molar-refractivity contribution in [3.05, 3.63) is 29.6 Å². The van der Waals surface area contributed by atoms with Crippen LogP contribution in [0.4, 0.5) is 4.39 Å². The Morgan fingerprint density at radius 1 is 1.47 bits per heavy atom. The van der Waals surface area contributed by atoms with Crippen molar-refractivity contribution in [3.63, 3.8) is 0 Å². The number of benzene rings is 1. The van der Waals surface area contributed by atoms with Gasteiger partial charge in [0.05, 0.1) is 11.3 Å². The molecule has 1 aromatic rings. The minimum Gasteiger partial charge on any atom is -0.481 e. The molecule has 6 heteroatoms. The summed E-state index contributed by atoms with van der Waals surface area (Å²) in [5, 5.41) is 8.52. The molecule has 0 aliphatic carbocycles. The van der Waals surface area contributed by atoms with Gasteiger partial charge in [-0.1, -0.05) is 6.07 Å². The summed E-state index contributed by atoms with van der Waals surface area (Å²) in [6.45, 7) is 0. The number of rotatable bonds is 3. The molecule has 0 aliphatic rings. The molecule has 15 heavy (non-hydrogen) atoms. The van der Waals surface area contributed by atoms with Crippen molar-refractivity contribution in [2.75, 3.05) is 6.26 Å². The maximum absolute atomic E-state index is 13.2. The van der Waals surface area contributed by atoms with Crippen molar-refractivity contribution in [2.24, 2.45) is 0 Å². The standard InChI is InChI=1S/C9H9FO4S/c1-15(13,14)8-4-2-3-7(10)6(8)5-9(11)12/h2-4H,5H2,1H3,(H,11,12). The highest BCUT2D eigenvalue weighted by Crippen LogP contribution is 2.19. The van der Waals surface area contributed by atoms with E-state index >= 15 is 0 Å². The lowest BCUT2D eigenvalue weighted by Gasteiger charge is -2.06. The topological polar surface area (TPSA) is 71.4 Å². The lowest BCUT2D eigenvalue weighted by atomic mass is 10.1. The van der Waals surface area contributed by atoms with E-state index in [9.17, 15) is 17.6 Å². The van der Waals surface area contributed by atoms with E-state index in [2.05, 4.69) is 0 Å². The molecule has 0 aliphatic heterocycles. The van der Waals surface area contributed by atoms with Gasteiger partial charge in [-0.15, -0.1) is 0 Å². The Morgan fingerprint density at radius 2 is 2.07 bits per heavy atom. The van der Waals surface area contributed by atoms with Crippen LogP contribution in [0.15, 0.2) is 23.1 Å². The van der Waals surface area contributed by atoms with E-state index < -0.39 is 28.0 Å². The summed E-state index contributed by atoms with van der Waals surface area (Å²) in [7, 11) is -3.60. The van der Waals surface area contributed by atoms with Crippen LogP contribution in [0.25, 0.3) is 0 Å². The van der Waals surface area contributed by atoms with Gasteiger partial charge < -0.3 is 5.11 Å². The summed E-state index contributed by atoms with van der Waals surface area (Å²) in [5.41, 5.74) is -0.299. The highest BCUT2D eigenvalue weighted by molar-refractivity contribution is 7.90. The fourth-order valence-electron chi connectivity index (χ4n) is 1.21. The molecule has 0 amide bonds. The Morgan fingerprint density at radius 3 is 2.53 bits per heavy atom. The zero-order valence-corrected chi connectivity index (χ0v) is 8.71. The third kappa shape index (κ3) is 2.76. The van der Waals surface area contributed by atoms with Crippen molar-refractivity contribution in [3.8, 4) is 0 Å². The van der Waals surface area contributed by atoms with Crippen molar-refractivity contribution >= 4 is 15.8 Å². The lowest BCUT2D eigenvalue weighted by Crippen LogP contribution is -2.09. The van der Waals surface area contributed by atoms with Gasteiger partial charge in [-0.25, -0.2) is 12.8 Å². The first-order valence-electron chi connectivity index (χ1n) is 4.01. The largest absolute Gasteiger partial charge is 0.481 e. The molecule has 1 rings (SSSR count). The Bertz CT molecular complexity index is 493. The van der Waals surface area contributed by atoms with Gasteiger partial charge in [0.25, 0.3) is 0 Å². The van der Waals surface area contributed by atoms with E-state index in [1.165, 1.54) is 12.1 Å². The molecule has 0 saturated carbocycles. The minimum atomic E-state index is -3.60. The third-order valence-electron chi connectivity index (χ3n) is 1.80. The molecule has 4 nitrogen and oxygen atoms in total. The fraction of sp³-hybridized carbons (Fsp3) is 0.222. The van der Waals surface area contributed by atoms with Gasteiger partial charge in [0, 0.05) is 11.8 Å². The first kappa shape index (κ1) is 11.6. The average molecular weight is 232 g/mol. The van der Waals surface area contributed by atoms with E-state index in [1.54, 1.807) is 0 Å². The second-order valence-electron chi connectivity index (χ2n) is 3.06. The molecule has 82 valence electrons. The minimum absolute atomic E-state index is 0.273. The lowest BCUT2D eigenvalue weighted by molar-refractivity contribution is -0.136. The molecule has 0 aromatic heterocycles. The smallest absolute Gasteiger partial charge is 0.307 e. The molecule has 1 aromatic carbocycles. The number of carboxylic acid groups (broad SMARTS) is 1. The van der Waals surface area contributed by atoms with Crippen LogP contribution in [0.2, 0.25) is 0 Å². The van der Waals surface area contributed by atoms with Gasteiger partial charge >= 0.3 is 5.97 Å². The summed E-state index contributed by atoms with van der Waals surface area (Å²) in [4.78, 5) is 10.2. The van der Waals surface area contributed by atoms with Gasteiger partial charge in [-0.3, -0.25) is 4.79 Å². The zero-order valence-electron chi connectivity index (χ0n) is 7.90. The Labute approximate surface area is 86.3 Å². The number of sulfone groups is 1. The number of hydrogen-bond donors (Lipinski definition) is 1. The van der Waals surface area contributed by atoms with Gasteiger partial charge in [0.1, 0.15) is 5.82 Å². The predicted molar refractivity (Wildman–Crippen MR) is 50.8 cm³/mol. The van der Waals surface area contributed by atoms with E-state index in [1.807, 2.05) is 0 Å². The van der Waals surface area contributed by atoms with Crippen molar-refractivity contribution in [2.45, 2.75) is 11.3 Å². The summed E-state index contributed by atoms with van der Waals surface area (Å²) < 4.78 is 35.7. The Balaban J connectivity index is 3.40. The second kappa shape index (κ2) is 3.98. The fourth-order valence-corrected chi connectivity index (χ4v) is 2.15. The number of aliphatic carboxylic acids is 1. The Kier molecular flexibility index (Phi) is 3.09. The zero-order chi connectivity index (χ0) is 11.6. The molecular weight excluding hydrogens is 223 g/mol. The molecule has 0 atom stereocenters. The quantitative estimate of drug-likeness (QED) is 0.838. The molecule has 0 fully saturated rings. The van der Waals surface area contributed by atoms with Crippen LogP contribution in [0, 0.1) is 5.82 Å². The van der Waals surface area contributed by atoms with Gasteiger partial charge in [0.2, 0.25) is 0 Å². The highest BCUT2D eigenvalue weighted by Gasteiger charge is 2.18. The Hall–Kier alpha value is -1.43. The molecule has 0 heterocycles. The maximum Gasteiger partial charge on any atom is 0.307 e. The van der Waals surface area contributed by atoms with Crippen molar-refractivity contribution in [1.29, 1.82) is 0 Å². The molecule has 0 saturated heterocycles. The normalized spacial score (nSPS) is 11.3. The van der Waals surface area contributed by atoms with Crippen LogP contribution in [0.3, 0.4) is 0 Å². The van der Waals surface area contributed by atoms with E-state index in [0.717, 1.165) is 12.3 Å². The van der Waals surface area contributed by atoms with Crippen LogP contribution in [0.5, 0.6) is 0 Å². The molecular formula is C9H9FO4S. The number of carboxylic acids is 1. The van der Waals surface area contributed by atoms with Crippen molar-refractivity contribution in [1.82, 2.24) is 0 Å². The first-order chi connectivity index (χ1) is 6.82. The monoisotopic (exact) mass is 232 g/mol. The maximum atomic E-state index is 13.2. The molecule has 0 radical (unpaired) electrons. The molecule has 0 unspecified atom stereocenters. The van der Waals surface area contributed by atoms with Crippen molar-refractivity contribution < 1.29 is 22.7 Å². The predicted octanol–water partition coefficient (Wildman–Crippen LogP) is 0.856. The van der Waals surface area contributed by atoms with E-state index in [0.29, 0.717) is 0 Å². The summed E-state index contributed by atoms with van der Waals surface area (Å²) >= 11 is 0. The first-order valence-corrected chi connectivity index (χ1v) is 5.90. The SMILES string of the molecule is CS(=O)(=O)c1cccc(F)c1CC(=O)O. The van der Waals surface area contributed by atoms with Crippen LogP contribution in [-0.2, 0) is 21.1 Å². The summed E-state index contributed by atoms with van der Waals surface area (Å²) in [6, 6.07) is 3.46. The van der Waals surface area contributed by atoms with Crippen LogP contribution >= 0.6 is 0 Å². The average Bonchev–Trinajstić information content (AvgIpc) is 2.05. The van der Waals surface area contributed by atoms with E-state index in [4.69, 9.17) is 5.11 Å². The molecule has 1 N–H and O–H groups in total. The molecule has 0 spiro atoms. The van der Waals surface area contributed by atoms with Crippen LogP contribution in [-0.4, -0.2) is 25.7 Å². The second-order valence-corrected chi connectivity index (χ2v) is 5.04.